The summed E-state index contributed by atoms with van der Waals surface area (Å²) >= 11 is 0. The molecule has 3 aromatic rings. The highest BCUT2D eigenvalue weighted by Crippen LogP contribution is 2.14. The van der Waals surface area contributed by atoms with Crippen LogP contribution in [0.3, 0.4) is 0 Å². The summed E-state index contributed by atoms with van der Waals surface area (Å²) in [4.78, 5) is 23.8. The van der Waals surface area contributed by atoms with Crippen molar-refractivity contribution in [2.45, 2.75) is 13.5 Å². The zero-order valence-corrected chi connectivity index (χ0v) is 12.5. The summed E-state index contributed by atoms with van der Waals surface area (Å²) in [5.74, 6) is 0.946. The van der Waals surface area contributed by atoms with Gasteiger partial charge in [-0.1, -0.05) is 0 Å². The molecule has 0 fully saturated rings. The number of pyridine rings is 2. The molecule has 0 unspecified atom stereocenters. The highest BCUT2D eigenvalue weighted by molar-refractivity contribution is 5.92. The molecule has 3 heterocycles. The van der Waals surface area contributed by atoms with Crippen LogP contribution in [0.5, 0.6) is 0 Å². The summed E-state index contributed by atoms with van der Waals surface area (Å²) in [5, 5.41) is 12.2. The molecule has 0 aliphatic heterocycles. The summed E-state index contributed by atoms with van der Waals surface area (Å²) in [5.41, 5.74) is 1.11. The van der Waals surface area contributed by atoms with Crippen LogP contribution >= 0.6 is 0 Å². The van der Waals surface area contributed by atoms with Gasteiger partial charge in [0.2, 0.25) is 0 Å². The molecule has 0 bridgehead atoms. The number of imidazole rings is 1. The molecule has 2 N–H and O–H groups in total. The second-order valence-corrected chi connectivity index (χ2v) is 4.93. The van der Waals surface area contributed by atoms with E-state index in [9.17, 15) is 4.79 Å². The van der Waals surface area contributed by atoms with Gasteiger partial charge in [-0.3, -0.25) is 4.57 Å². The van der Waals surface area contributed by atoms with E-state index in [2.05, 4.69) is 20.3 Å². The first-order valence-corrected chi connectivity index (χ1v) is 7.02. The Morgan fingerprint density at radius 2 is 2.09 bits per heavy atom. The maximum absolute atomic E-state index is 11.2. The van der Waals surface area contributed by atoms with Crippen molar-refractivity contribution in [1.29, 1.82) is 0 Å². The summed E-state index contributed by atoms with van der Waals surface area (Å²) < 4.78 is 1.88. The van der Waals surface area contributed by atoms with E-state index < -0.39 is 5.97 Å². The molecule has 0 saturated heterocycles. The van der Waals surface area contributed by atoms with E-state index >= 15 is 0 Å². The predicted molar refractivity (Wildman–Crippen MR) is 84.6 cm³/mol. The van der Waals surface area contributed by atoms with Crippen molar-refractivity contribution in [3.8, 4) is 5.82 Å². The van der Waals surface area contributed by atoms with Crippen LogP contribution in [-0.2, 0) is 6.54 Å². The van der Waals surface area contributed by atoms with Gasteiger partial charge in [0.25, 0.3) is 0 Å². The van der Waals surface area contributed by atoms with E-state index in [0.29, 0.717) is 12.4 Å². The first-order chi connectivity index (χ1) is 11.1. The molecular weight excluding hydrogens is 294 g/mol. The lowest BCUT2D eigenvalue weighted by atomic mass is 10.2. The number of rotatable bonds is 5. The van der Waals surface area contributed by atoms with Crippen LogP contribution in [0, 0.1) is 6.92 Å². The minimum Gasteiger partial charge on any atom is -0.478 e. The lowest BCUT2D eigenvalue weighted by Gasteiger charge is -2.10. The largest absolute Gasteiger partial charge is 0.478 e. The van der Waals surface area contributed by atoms with E-state index in [-0.39, 0.29) is 5.56 Å². The molecular formula is C16H15N5O2. The molecule has 0 aliphatic carbocycles. The van der Waals surface area contributed by atoms with Crippen molar-refractivity contribution in [3.05, 3.63) is 66.0 Å². The number of nitrogens with one attached hydrogen (secondary N) is 1. The average Bonchev–Trinajstić information content (AvgIpc) is 2.99. The Balaban J connectivity index is 1.80. The first-order valence-electron chi connectivity index (χ1n) is 7.02. The minimum atomic E-state index is -1.01. The van der Waals surface area contributed by atoms with Gasteiger partial charge in [-0.15, -0.1) is 0 Å². The van der Waals surface area contributed by atoms with Gasteiger partial charge in [-0.2, -0.15) is 0 Å². The Labute approximate surface area is 132 Å². The van der Waals surface area contributed by atoms with Crippen molar-refractivity contribution >= 4 is 11.8 Å². The number of carboxylic acids is 1. The maximum Gasteiger partial charge on any atom is 0.339 e. The fourth-order valence-corrected chi connectivity index (χ4v) is 2.23. The van der Waals surface area contributed by atoms with E-state index in [4.69, 9.17) is 5.11 Å². The molecule has 23 heavy (non-hydrogen) atoms. The Morgan fingerprint density at radius 1 is 1.22 bits per heavy atom. The molecule has 7 nitrogen and oxygen atoms in total. The zero-order valence-electron chi connectivity index (χ0n) is 12.5. The molecule has 7 heteroatoms. The first kappa shape index (κ1) is 14.7. The number of aromatic nitrogens is 4. The van der Waals surface area contributed by atoms with Crippen LogP contribution in [0.25, 0.3) is 5.82 Å². The smallest absolute Gasteiger partial charge is 0.339 e. The number of aromatic carboxylic acids is 1. The minimum absolute atomic E-state index is 0.146. The van der Waals surface area contributed by atoms with Crippen LogP contribution in [0.15, 0.2) is 49.1 Å². The quantitative estimate of drug-likeness (QED) is 0.751. The maximum atomic E-state index is 11.2. The van der Waals surface area contributed by atoms with E-state index in [1.807, 2.05) is 29.8 Å². The van der Waals surface area contributed by atoms with Crippen LogP contribution < -0.4 is 5.32 Å². The van der Waals surface area contributed by atoms with Gasteiger partial charge >= 0.3 is 5.97 Å². The lowest BCUT2D eigenvalue weighted by Crippen LogP contribution is -2.08. The molecule has 0 spiro atoms. The summed E-state index contributed by atoms with van der Waals surface area (Å²) in [6.07, 6.45) is 6.83. The van der Waals surface area contributed by atoms with E-state index in [1.54, 1.807) is 24.7 Å². The fraction of sp³-hybridized carbons (Fsp3) is 0.125. The third kappa shape index (κ3) is 3.18. The second kappa shape index (κ2) is 6.27. The number of aryl methyl sites for hydroxylation is 1. The predicted octanol–water partition coefficient (Wildman–Crippen LogP) is 2.28. The molecule has 3 rings (SSSR count). The number of hydrogen-bond acceptors (Lipinski definition) is 5. The van der Waals surface area contributed by atoms with Crippen molar-refractivity contribution < 1.29 is 9.90 Å². The summed E-state index contributed by atoms with van der Waals surface area (Å²) in [7, 11) is 0. The average molecular weight is 309 g/mol. The molecule has 0 aliphatic rings. The third-order valence-corrected chi connectivity index (χ3v) is 3.38. The van der Waals surface area contributed by atoms with Gasteiger partial charge < -0.3 is 10.4 Å². The Kier molecular flexibility index (Phi) is 4.01. The van der Waals surface area contributed by atoms with Gasteiger partial charge in [-0.05, 0) is 36.8 Å². The Morgan fingerprint density at radius 3 is 2.83 bits per heavy atom. The van der Waals surface area contributed by atoms with Gasteiger partial charge in [0.1, 0.15) is 23.0 Å². The van der Waals surface area contributed by atoms with Crippen molar-refractivity contribution in [1.82, 2.24) is 19.5 Å². The molecule has 3 aromatic heterocycles. The number of carboxylic acid groups (broad SMARTS) is 1. The highest BCUT2D eigenvalue weighted by atomic mass is 16.4. The zero-order chi connectivity index (χ0) is 16.2. The molecule has 0 aromatic carbocycles. The second-order valence-electron chi connectivity index (χ2n) is 4.93. The molecule has 0 amide bonds. The lowest BCUT2D eigenvalue weighted by molar-refractivity contribution is 0.0697. The van der Waals surface area contributed by atoms with Crippen molar-refractivity contribution in [2.75, 3.05) is 5.32 Å². The Bertz CT molecular complexity index is 844. The SMILES string of the molecule is Cc1nccn1-c1cc(CNc2ncccc2C(=O)O)ccn1. The van der Waals surface area contributed by atoms with E-state index in [0.717, 1.165) is 17.2 Å². The Hall–Kier alpha value is -3.22. The number of anilines is 1. The number of hydrogen-bond donors (Lipinski definition) is 2. The monoisotopic (exact) mass is 309 g/mol. The normalized spacial score (nSPS) is 10.5. The topological polar surface area (TPSA) is 92.9 Å². The molecule has 116 valence electrons. The van der Waals surface area contributed by atoms with Gasteiger partial charge in [-0.25, -0.2) is 19.7 Å². The van der Waals surface area contributed by atoms with Crippen molar-refractivity contribution in [2.24, 2.45) is 0 Å². The summed E-state index contributed by atoms with van der Waals surface area (Å²) in [6.45, 7) is 2.35. The van der Waals surface area contributed by atoms with Crippen LogP contribution in [0.2, 0.25) is 0 Å². The number of carbonyl (C=O) groups is 1. The van der Waals surface area contributed by atoms with Crippen LogP contribution in [0.4, 0.5) is 5.82 Å². The third-order valence-electron chi connectivity index (χ3n) is 3.38. The molecule has 0 saturated carbocycles. The highest BCUT2D eigenvalue weighted by Gasteiger charge is 2.10. The molecule has 0 atom stereocenters. The van der Waals surface area contributed by atoms with Gasteiger partial charge in [0, 0.05) is 31.3 Å². The van der Waals surface area contributed by atoms with Crippen molar-refractivity contribution in [3.63, 3.8) is 0 Å². The summed E-state index contributed by atoms with van der Waals surface area (Å²) in [6, 6.07) is 6.91. The number of nitrogens with zero attached hydrogens (tertiary/aromatic N) is 4. The fourth-order valence-electron chi connectivity index (χ4n) is 2.23. The van der Waals surface area contributed by atoms with Crippen LogP contribution in [-0.4, -0.2) is 30.6 Å². The molecule has 0 radical (unpaired) electrons. The van der Waals surface area contributed by atoms with Crippen LogP contribution in [0.1, 0.15) is 21.7 Å². The standard InChI is InChI=1S/C16H15N5O2/c1-11-17-7-8-21(11)14-9-12(4-6-18-14)10-20-15-13(16(22)23)3-2-5-19-15/h2-9H,10H2,1H3,(H,19,20)(H,22,23). The van der Waals surface area contributed by atoms with Gasteiger partial charge in [0.15, 0.2) is 0 Å². The van der Waals surface area contributed by atoms with Gasteiger partial charge in [0.05, 0.1) is 0 Å². The van der Waals surface area contributed by atoms with E-state index in [1.165, 1.54) is 6.07 Å².